The molecule has 166 valence electrons. The Morgan fingerprint density at radius 3 is 2.38 bits per heavy atom. The number of amides is 1. The molecule has 3 aromatic rings. The largest absolute Gasteiger partial charge is 0.462 e. The van der Waals surface area contributed by atoms with Crippen molar-refractivity contribution in [3.05, 3.63) is 65.7 Å². The van der Waals surface area contributed by atoms with Crippen LogP contribution in [0.25, 0.3) is 11.4 Å². The monoisotopic (exact) mass is 454 g/mol. The van der Waals surface area contributed by atoms with Gasteiger partial charge in [0.25, 0.3) is 0 Å². The van der Waals surface area contributed by atoms with E-state index < -0.39 is 17.7 Å². The fraction of sp³-hybridized carbons (Fsp3) is 0.261. The standard InChI is InChI=1S/C23H23ClN4O4/c1-5-31-21(29)16-9-15(11-25-12-16)20-26-13-19(14-27-20)28(22(30)32-23(2,3)4)18-8-6-7-17(24)10-18/h6-14H,5H2,1-4H3. The Bertz CT molecular complexity index is 1110. The molecule has 0 aliphatic carbocycles. The summed E-state index contributed by atoms with van der Waals surface area (Å²) in [6.45, 7) is 7.34. The molecule has 1 aromatic carbocycles. The van der Waals surface area contributed by atoms with Gasteiger partial charge in [-0.1, -0.05) is 17.7 Å². The summed E-state index contributed by atoms with van der Waals surface area (Å²) in [5, 5.41) is 0.468. The molecule has 8 nitrogen and oxygen atoms in total. The highest BCUT2D eigenvalue weighted by Crippen LogP contribution is 2.29. The Morgan fingerprint density at radius 2 is 1.75 bits per heavy atom. The molecule has 2 heterocycles. The van der Waals surface area contributed by atoms with Crippen molar-refractivity contribution in [2.24, 2.45) is 0 Å². The van der Waals surface area contributed by atoms with Gasteiger partial charge in [0.2, 0.25) is 0 Å². The number of hydrogen-bond donors (Lipinski definition) is 0. The molecule has 0 atom stereocenters. The lowest BCUT2D eigenvalue weighted by molar-refractivity contribution is 0.0524. The van der Waals surface area contributed by atoms with Gasteiger partial charge in [0, 0.05) is 23.0 Å². The van der Waals surface area contributed by atoms with Crippen LogP contribution in [-0.2, 0) is 9.47 Å². The van der Waals surface area contributed by atoms with Crippen molar-refractivity contribution in [3.8, 4) is 11.4 Å². The maximum Gasteiger partial charge on any atom is 0.419 e. The van der Waals surface area contributed by atoms with Crippen LogP contribution in [0.3, 0.4) is 0 Å². The number of pyridine rings is 1. The minimum atomic E-state index is -0.700. The van der Waals surface area contributed by atoms with E-state index in [1.807, 2.05) is 0 Å². The van der Waals surface area contributed by atoms with Gasteiger partial charge in [0.15, 0.2) is 5.82 Å². The van der Waals surface area contributed by atoms with Crippen molar-refractivity contribution in [1.29, 1.82) is 0 Å². The van der Waals surface area contributed by atoms with Gasteiger partial charge in [-0.3, -0.25) is 4.98 Å². The van der Waals surface area contributed by atoms with Crippen molar-refractivity contribution in [2.45, 2.75) is 33.3 Å². The third-order valence-electron chi connectivity index (χ3n) is 4.05. The molecular formula is C23H23ClN4O4. The zero-order valence-corrected chi connectivity index (χ0v) is 19.0. The zero-order chi connectivity index (χ0) is 23.3. The fourth-order valence-corrected chi connectivity index (χ4v) is 2.94. The number of rotatable bonds is 5. The average Bonchev–Trinajstić information content (AvgIpc) is 2.73. The van der Waals surface area contributed by atoms with E-state index in [2.05, 4.69) is 15.0 Å². The van der Waals surface area contributed by atoms with Gasteiger partial charge in [0.05, 0.1) is 35.9 Å². The minimum absolute atomic E-state index is 0.262. The van der Waals surface area contributed by atoms with Crippen LogP contribution in [0.15, 0.2) is 55.1 Å². The van der Waals surface area contributed by atoms with Gasteiger partial charge in [0.1, 0.15) is 5.60 Å². The zero-order valence-electron chi connectivity index (χ0n) is 18.2. The molecule has 9 heteroatoms. The van der Waals surface area contributed by atoms with E-state index in [4.69, 9.17) is 21.1 Å². The highest BCUT2D eigenvalue weighted by molar-refractivity contribution is 6.31. The second-order valence-electron chi connectivity index (χ2n) is 7.74. The number of carbonyl (C=O) groups excluding carboxylic acids is 2. The summed E-state index contributed by atoms with van der Waals surface area (Å²) >= 11 is 6.13. The van der Waals surface area contributed by atoms with Crippen molar-refractivity contribution < 1.29 is 19.1 Å². The van der Waals surface area contributed by atoms with Crippen LogP contribution in [0.5, 0.6) is 0 Å². The first-order chi connectivity index (χ1) is 15.2. The molecule has 3 rings (SSSR count). The predicted octanol–water partition coefficient (Wildman–Crippen LogP) is 5.44. The van der Waals surface area contributed by atoms with Gasteiger partial charge in [-0.2, -0.15) is 0 Å². The maximum atomic E-state index is 13.0. The Hall–Kier alpha value is -3.52. The average molecular weight is 455 g/mol. The first-order valence-corrected chi connectivity index (χ1v) is 10.3. The lowest BCUT2D eigenvalue weighted by Gasteiger charge is -2.27. The third-order valence-corrected chi connectivity index (χ3v) is 4.28. The quantitative estimate of drug-likeness (QED) is 0.473. The Kier molecular flexibility index (Phi) is 7.05. The second kappa shape index (κ2) is 9.74. The van der Waals surface area contributed by atoms with Gasteiger partial charge < -0.3 is 9.47 Å². The number of nitrogens with zero attached hydrogens (tertiary/aromatic N) is 4. The smallest absolute Gasteiger partial charge is 0.419 e. The molecule has 0 bridgehead atoms. The number of aromatic nitrogens is 3. The van der Waals surface area contributed by atoms with Gasteiger partial charge in [-0.05, 0) is 52.0 Å². The van der Waals surface area contributed by atoms with Crippen LogP contribution in [-0.4, -0.2) is 39.2 Å². The van der Waals surface area contributed by atoms with Gasteiger partial charge in [-0.15, -0.1) is 0 Å². The first-order valence-electron chi connectivity index (χ1n) is 9.91. The fourth-order valence-electron chi connectivity index (χ4n) is 2.76. The molecule has 0 fully saturated rings. The molecule has 0 unspecified atom stereocenters. The van der Waals surface area contributed by atoms with E-state index in [1.165, 1.54) is 23.5 Å². The highest BCUT2D eigenvalue weighted by atomic mass is 35.5. The van der Waals surface area contributed by atoms with E-state index in [0.29, 0.717) is 33.3 Å². The van der Waals surface area contributed by atoms with E-state index in [1.54, 1.807) is 64.2 Å². The van der Waals surface area contributed by atoms with Gasteiger partial charge >= 0.3 is 12.1 Å². The minimum Gasteiger partial charge on any atom is -0.462 e. The molecule has 0 spiro atoms. The molecule has 0 aliphatic rings. The molecule has 0 N–H and O–H groups in total. The van der Waals surface area contributed by atoms with E-state index in [9.17, 15) is 9.59 Å². The molecule has 0 aliphatic heterocycles. The molecule has 1 amide bonds. The molecule has 0 saturated heterocycles. The number of benzene rings is 1. The number of carbonyl (C=O) groups is 2. The highest BCUT2D eigenvalue weighted by Gasteiger charge is 2.26. The summed E-state index contributed by atoms with van der Waals surface area (Å²) in [6.07, 6.45) is 5.34. The number of hydrogen-bond acceptors (Lipinski definition) is 7. The second-order valence-corrected chi connectivity index (χ2v) is 8.18. The number of ether oxygens (including phenoxy) is 2. The number of esters is 1. The summed E-state index contributed by atoms with van der Waals surface area (Å²) in [5.41, 5.74) is 1.03. The molecule has 0 radical (unpaired) electrons. The van der Waals surface area contributed by atoms with Crippen LogP contribution >= 0.6 is 11.6 Å². The predicted molar refractivity (Wildman–Crippen MR) is 121 cm³/mol. The first kappa shape index (κ1) is 23.1. The van der Waals surface area contributed by atoms with E-state index in [0.717, 1.165) is 0 Å². The van der Waals surface area contributed by atoms with Crippen LogP contribution in [0.4, 0.5) is 16.2 Å². The van der Waals surface area contributed by atoms with Crippen LogP contribution < -0.4 is 4.90 Å². The molecule has 32 heavy (non-hydrogen) atoms. The SMILES string of the molecule is CCOC(=O)c1cncc(-c2ncc(N(C(=O)OC(C)(C)C)c3cccc(Cl)c3)cn2)c1. The van der Waals surface area contributed by atoms with Crippen LogP contribution in [0.1, 0.15) is 38.1 Å². The summed E-state index contributed by atoms with van der Waals surface area (Å²) in [4.78, 5) is 39.0. The van der Waals surface area contributed by atoms with Gasteiger partial charge in [-0.25, -0.2) is 24.5 Å². The summed E-state index contributed by atoms with van der Waals surface area (Å²) < 4.78 is 10.6. The van der Waals surface area contributed by atoms with Crippen molar-refractivity contribution >= 4 is 35.0 Å². The summed E-state index contributed by atoms with van der Waals surface area (Å²) in [7, 11) is 0. The lowest BCUT2D eigenvalue weighted by Crippen LogP contribution is -2.34. The number of halogens is 1. The van der Waals surface area contributed by atoms with Crippen molar-refractivity contribution in [1.82, 2.24) is 15.0 Å². The Balaban J connectivity index is 1.95. The van der Waals surface area contributed by atoms with Crippen LogP contribution in [0, 0.1) is 0 Å². The maximum absolute atomic E-state index is 13.0. The molecule has 0 saturated carbocycles. The van der Waals surface area contributed by atoms with Crippen molar-refractivity contribution in [2.75, 3.05) is 11.5 Å². The topological polar surface area (TPSA) is 94.5 Å². The van der Waals surface area contributed by atoms with Crippen molar-refractivity contribution in [3.63, 3.8) is 0 Å². The van der Waals surface area contributed by atoms with E-state index in [-0.39, 0.29) is 6.61 Å². The normalized spacial score (nSPS) is 11.0. The Labute approximate surface area is 191 Å². The molecular weight excluding hydrogens is 432 g/mol. The summed E-state index contributed by atoms with van der Waals surface area (Å²) in [5.74, 6) is -0.141. The lowest BCUT2D eigenvalue weighted by atomic mass is 10.2. The van der Waals surface area contributed by atoms with E-state index >= 15 is 0 Å². The summed E-state index contributed by atoms with van der Waals surface area (Å²) in [6, 6.07) is 8.42. The number of anilines is 2. The third kappa shape index (κ3) is 5.79. The van der Waals surface area contributed by atoms with Crippen LogP contribution in [0.2, 0.25) is 5.02 Å². The molecule has 2 aromatic heterocycles. The Morgan fingerprint density at radius 1 is 1.03 bits per heavy atom.